The van der Waals surface area contributed by atoms with Crippen LogP contribution in [0.25, 0.3) is 0 Å². The summed E-state index contributed by atoms with van der Waals surface area (Å²) in [7, 11) is 0. The Balaban J connectivity index is 2.19. The monoisotopic (exact) mass is 279 g/mol. The summed E-state index contributed by atoms with van der Waals surface area (Å²) in [5.74, 6) is 1.31. The summed E-state index contributed by atoms with van der Waals surface area (Å²) >= 11 is 1.96. The summed E-state index contributed by atoms with van der Waals surface area (Å²) in [4.78, 5) is 0. The van der Waals surface area contributed by atoms with Gasteiger partial charge < -0.3 is 5.32 Å². The van der Waals surface area contributed by atoms with Gasteiger partial charge >= 0.3 is 0 Å². The lowest BCUT2D eigenvalue weighted by molar-refractivity contribution is 0.598. The molecule has 0 spiro atoms. The van der Waals surface area contributed by atoms with E-state index in [0.717, 1.165) is 13.1 Å². The molecule has 0 bridgehead atoms. The van der Waals surface area contributed by atoms with Crippen molar-refractivity contribution < 1.29 is 0 Å². The summed E-state index contributed by atoms with van der Waals surface area (Å²) < 4.78 is 0. The van der Waals surface area contributed by atoms with Gasteiger partial charge in [-0.15, -0.1) is 0 Å². The predicted octanol–water partition coefficient (Wildman–Crippen LogP) is 4.62. The molecule has 19 heavy (non-hydrogen) atoms. The SMILES string of the molecule is CSCCCCCCNCc1c(C)cc(C)cc1C. The summed E-state index contributed by atoms with van der Waals surface area (Å²) in [6.45, 7) is 8.78. The Bertz CT molecular complexity index is 351. The molecular weight excluding hydrogens is 250 g/mol. The number of benzene rings is 1. The van der Waals surface area contributed by atoms with Gasteiger partial charge in [-0.2, -0.15) is 11.8 Å². The average molecular weight is 279 g/mol. The molecule has 2 heteroatoms. The van der Waals surface area contributed by atoms with Gasteiger partial charge in [0, 0.05) is 6.54 Å². The minimum absolute atomic E-state index is 1.02. The minimum atomic E-state index is 1.02. The summed E-state index contributed by atoms with van der Waals surface area (Å²) in [6, 6.07) is 4.57. The first-order valence-corrected chi connectivity index (χ1v) is 8.81. The molecule has 108 valence electrons. The van der Waals surface area contributed by atoms with Crippen molar-refractivity contribution in [3.05, 3.63) is 34.4 Å². The van der Waals surface area contributed by atoms with Crippen molar-refractivity contribution in [3.63, 3.8) is 0 Å². The van der Waals surface area contributed by atoms with Gasteiger partial charge in [0.05, 0.1) is 0 Å². The van der Waals surface area contributed by atoms with Crippen LogP contribution in [-0.4, -0.2) is 18.6 Å². The third-order valence-electron chi connectivity index (χ3n) is 3.59. The fraction of sp³-hybridized carbons (Fsp3) is 0.647. The lowest BCUT2D eigenvalue weighted by Crippen LogP contribution is -2.16. The molecule has 0 aliphatic rings. The van der Waals surface area contributed by atoms with Crippen molar-refractivity contribution in [2.24, 2.45) is 0 Å². The van der Waals surface area contributed by atoms with Gasteiger partial charge in [-0.1, -0.05) is 30.5 Å². The van der Waals surface area contributed by atoms with Crippen LogP contribution < -0.4 is 5.32 Å². The summed E-state index contributed by atoms with van der Waals surface area (Å²) in [6.07, 6.45) is 7.61. The van der Waals surface area contributed by atoms with E-state index >= 15 is 0 Å². The molecule has 0 unspecified atom stereocenters. The molecule has 0 radical (unpaired) electrons. The fourth-order valence-corrected chi connectivity index (χ4v) is 3.04. The average Bonchev–Trinajstić information content (AvgIpc) is 2.35. The molecule has 0 fully saturated rings. The maximum absolute atomic E-state index is 3.59. The third kappa shape index (κ3) is 6.49. The molecule has 0 saturated carbocycles. The zero-order chi connectivity index (χ0) is 14.1. The number of nitrogens with one attached hydrogen (secondary N) is 1. The second kappa shape index (κ2) is 9.44. The van der Waals surface area contributed by atoms with Crippen molar-refractivity contribution in [1.29, 1.82) is 0 Å². The first-order chi connectivity index (χ1) is 9.15. The van der Waals surface area contributed by atoms with Gasteiger partial charge in [-0.3, -0.25) is 0 Å². The molecule has 1 rings (SSSR count). The van der Waals surface area contributed by atoms with Crippen molar-refractivity contribution in [2.45, 2.75) is 53.0 Å². The van der Waals surface area contributed by atoms with Crippen LogP contribution in [0.5, 0.6) is 0 Å². The van der Waals surface area contributed by atoms with E-state index in [1.165, 1.54) is 53.7 Å². The number of aryl methyl sites for hydroxylation is 3. The van der Waals surface area contributed by atoms with Crippen molar-refractivity contribution in [3.8, 4) is 0 Å². The maximum Gasteiger partial charge on any atom is 0.0210 e. The fourth-order valence-electron chi connectivity index (χ4n) is 2.55. The molecular formula is C17H29NS. The first kappa shape index (κ1) is 16.6. The van der Waals surface area contributed by atoms with Gasteiger partial charge in [0.2, 0.25) is 0 Å². The van der Waals surface area contributed by atoms with Crippen molar-refractivity contribution in [1.82, 2.24) is 5.32 Å². The van der Waals surface area contributed by atoms with E-state index < -0.39 is 0 Å². The highest BCUT2D eigenvalue weighted by molar-refractivity contribution is 7.98. The highest BCUT2D eigenvalue weighted by atomic mass is 32.2. The molecule has 0 aliphatic carbocycles. The third-order valence-corrected chi connectivity index (χ3v) is 4.29. The zero-order valence-electron chi connectivity index (χ0n) is 13.0. The Hall–Kier alpha value is -0.470. The molecule has 1 aromatic rings. The standard InChI is InChI=1S/C17H29NS/c1-14-11-15(2)17(16(3)12-14)13-18-9-7-5-6-8-10-19-4/h11-12,18H,5-10,13H2,1-4H3. The Morgan fingerprint density at radius 3 is 2.21 bits per heavy atom. The smallest absolute Gasteiger partial charge is 0.0210 e. The topological polar surface area (TPSA) is 12.0 Å². The van der Waals surface area contributed by atoms with Crippen LogP contribution in [0, 0.1) is 20.8 Å². The molecule has 0 aromatic heterocycles. The Kier molecular flexibility index (Phi) is 8.24. The zero-order valence-corrected chi connectivity index (χ0v) is 13.8. The van der Waals surface area contributed by atoms with Crippen molar-refractivity contribution in [2.75, 3.05) is 18.6 Å². The lowest BCUT2D eigenvalue weighted by atomic mass is 10.00. The molecule has 1 aromatic carbocycles. The maximum atomic E-state index is 3.59. The summed E-state index contributed by atoms with van der Waals surface area (Å²) in [5, 5.41) is 3.59. The van der Waals surface area contributed by atoms with E-state index in [2.05, 4.69) is 44.5 Å². The highest BCUT2D eigenvalue weighted by Crippen LogP contribution is 2.16. The second-order valence-corrected chi connectivity index (χ2v) is 6.45. The van der Waals surface area contributed by atoms with Crippen LogP contribution >= 0.6 is 11.8 Å². The van der Waals surface area contributed by atoms with E-state index in [-0.39, 0.29) is 0 Å². The molecule has 0 amide bonds. The number of hydrogen-bond acceptors (Lipinski definition) is 2. The van der Waals surface area contributed by atoms with E-state index in [0.29, 0.717) is 0 Å². The van der Waals surface area contributed by atoms with E-state index in [9.17, 15) is 0 Å². The first-order valence-electron chi connectivity index (χ1n) is 7.41. The normalized spacial score (nSPS) is 10.9. The van der Waals surface area contributed by atoms with Crippen LogP contribution in [0.1, 0.15) is 47.9 Å². The second-order valence-electron chi connectivity index (χ2n) is 5.46. The molecule has 0 heterocycles. The van der Waals surface area contributed by atoms with Gasteiger partial charge in [-0.05, 0) is 68.9 Å². The minimum Gasteiger partial charge on any atom is -0.313 e. The van der Waals surface area contributed by atoms with E-state index in [1.54, 1.807) is 0 Å². The van der Waals surface area contributed by atoms with Gasteiger partial charge in [0.25, 0.3) is 0 Å². The number of unbranched alkanes of at least 4 members (excludes halogenated alkanes) is 3. The van der Waals surface area contributed by atoms with Gasteiger partial charge in [-0.25, -0.2) is 0 Å². The molecule has 1 N–H and O–H groups in total. The van der Waals surface area contributed by atoms with Crippen LogP contribution in [0.4, 0.5) is 0 Å². The number of hydrogen-bond donors (Lipinski definition) is 1. The van der Waals surface area contributed by atoms with Crippen LogP contribution in [-0.2, 0) is 6.54 Å². The predicted molar refractivity (Wildman–Crippen MR) is 89.2 cm³/mol. The number of rotatable bonds is 9. The van der Waals surface area contributed by atoms with Gasteiger partial charge in [0.15, 0.2) is 0 Å². The van der Waals surface area contributed by atoms with Crippen molar-refractivity contribution >= 4 is 11.8 Å². The Morgan fingerprint density at radius 1 is 0.947 bits per heavy atom. The highest BCUT2D eigenvalue weighted by Gasteiger charge is 2.02. The van der Waals surface area contributed by atoms with Crippen LogP contribution in [0.3, 0.4) is 0 Å². The van der Waals surface area contributed by atoms with Gasteiger partial charge in [0.1, 0.15) is 0 Å². The lowest BCUT2D eigenvalue weighted by Gasteiger charge is -2.12. The molecule has 0 saturated heterocycles. The Morgan fingerprint density at radius 2 is 1.58 bits per heavy atom. The molecule has 1 nitrogen and oxygen atoms in total. The molecule has 0 aliphatic heterocycles. The quantitative estimate of drug-likeness (QED) is 0.662. The van der Waals surface area contributed by atoms with Crippen LogP contribution in [0.2, 0.25) is 0 Å². The molecule has 0 atom stereocenters. The van der Waals surface area contributed by atoms with E-state index in [1.807, 2.05) is 11.8 Å². The Labute approximate surface area is 123 Å². The largest absolute Gasteiger partial charge is 0.313 e. The number of thioether (sulfide) groups is 1. The van der Waals surface area contributed by atoms with E-state index in [4.69, 9.17) is 0 Å². The van der Waals surface area contributed by atoms with Crippen LogP contribution in [0.15, 0.2) is 12.1 Å². The summed E-state index contributed by atoms with van der Waals surface area (Å²) in [5.41, 5.74) is 5.69.